The summed E-state index contributed by atoms with van der Waals surface area (Å²) in [5.41, 5.74) is 2.12. The van der Waals surface area contributed by atoms with Crippen molar-refractivity contribution in [3.05, 3.63) is 40.3 Å². The quantitative estimate of drug-likeness (QED) is 0.710. The van der Waals surface area contributed by atoms with Crippen LogP contribution < -0.4 is 5.56 Å². The number of hydrogen-bond acceptors (Lipinski definition) is 2. The van der Waals surface area contributed by atoms with Crippen molar-refractivity contribution in [1.82, 2.24) is 9.55 Å². The summed E-state index contributed by atoms with van der Waals surface area (Å²) in [6.45, 7) is 2.26. The van der Waals surface area contributed by atoms with Gasteiger partial charge >= 0.3 is 0 Å². The molecule has 0 aliphatic carbocycles. The van der Waals surface area contributed by atoms with E-state index in [0.717, 1.165) is 11.0 Å². The highest BCUT2D eigenvalue weighted by Gasteiger charge is 2.06. The third-order valence-electron chi connectivity index (χ3n) is 2.50. The Kier molecular flexibility index (Phi) is 2.74. The van der Waals surface area contributed by atoms with Gasteiger partial charge in [-0.25, -0.2) is 4.98 Å². The summed E-state index contributed by atoms with van der Waals surface area (Å²) < 4.78 is 1.69. The second kappa shape index (κ2) is 4.19. The molecule has 0 spiro atoms. The topological polar surface area (TPSA) is 34.9 Å². The van der Waals surface area contributed by atoms with Gasteiger partial charge in [0.1, 0.15) is 5.69 Å². The van der Waals surface area contributed by atoms with Crippen LogP contribution in [0.3, 0.4) is 0 Å². The Morgan fingerprint density at radius 2 is 2.19 bits per heavy atom. The van der Waals surface area contributed by atoms with E-state index in [9.17, 15) is 4.79 Å². The molecule has 3 nitrogen and oxygen atoms in total. The Morgan fingerprint density at radius 1 is 1.44 bits per heavy atom. The fourth-order valence-electron chi connectivity index (χ4n) is 1.72. The molecule has 0 aliphatic rings. The van der Waals surface area contributed by atoms with Crippen molar-refractivity contribution in [1.29, 1.82) is 0 Å². The van der Waals surface area contributed by atoms with Gasteiger partial charge in [-0.05, 0) is 19.1 Å². The number of nitrogens with zero attached hydrogens (tertiary/aromatic N) is 2. The number of aryl methyl sites for hydroxylation is 2. The highest BCUT2D eigenvalue weighted by Crippen LogP contribution is 2.09. The molecule has 0 N–H and O–H groups in total. The number of rotatable bonds is 2. The smallest absolute Gasteiger partial charge is 0.272 e. The van der Waals surface area contributed by atoms with Crippen LogP contribution in [0.5, 0.6) is 0 Å². The predicted octanol–water partition coefficient (Wildman–Crippen LogP) is 1.73. The molecular weight excluding hydrogens is 200 g/mol. The average molecular weight is 212 g/mol. The lowest BCUT2D eigenvalue weighted by molar-refractivity contribution is 0.706. The molecule has 1 heterocycles. The summed E-state index contributed by atoms with van der Waals surface area (Å²) in [7, 11) is 0. The van der Waals surface area contributed by atoms with Crippen LogP contribution in [0.2, 0.25) is 0 Å². The van der Waals surface area contributed by atoms with Crippen LogP contribution in [0, 0.1) is 19.3 Å². The van der Waals surface area contributed by atoms with E-state index in [0.29, 0.717) is 18.7 Å². The third-order valence-corrected chi connectivity index (χ3v) is 2.50. The third kappa shape index (κ3) is 1.70. The van der Waals surface area contributed by atoms with Crippen molar-refractivity contribution >= 4 is 11.0 Å². The van der Waals surface area contributed by atoms with Crippen LogP contribution in [0.25, 0.3) is 11.0 Å². The largest absolute Gasteiger partial charge is 0.304 e. The average Bonchev–Trinajstić information content (AvgIpc) is 2.30. The van der Waals surface area contributed by atoms with E-state index in [-0.39, 0.29) is 5.56 Å². The molecule has 80 valence electrons. The predicted molar refractivity (Wildman–Crippen MR) is 64.2 cm³/mol. The van der Waals surface area contributed by atoms with E-state index >= 15 is 0 Å². The summed E-state index contributed by atoms with van der Waals surface area (Å²) in [5.74, 6) is 2.55. The zero-order valence-electron chi connectivity index (χ0n) is 9.10. The summed E-state index contributed by atoms with van der Waals surface area (Å²) in [6, 6.07) is 7.59. The van der Waals surface area contributed by atoms with E-state index in [1.807, 2.05) is 24.3 Å². The fraction of sp³-hybridized carbons (Fsp3) is 0.231. The first-order valence-corrected chi connectivity index (χ1v) is 5.13. The molecule has 1 aromatic heterocycles. The standard InChI is InChI=1S/C13H12N2O/c1-3-4-9-15-12-8-6-5-7-11(12)14-10(2)13(15)16/h1,5-8H,4,9H2,2H3. The van der Waals surface area contributed by atoms with E-state index in [2.05, 4.69) is 10.9 Å². The molecule has 0 fully saturated rings. The monoisotopic (exact) mass is 212 g/mol. The minimum Gasteiger partial charge on any atom is -0.304 e. The van der Waals surface area contributed by atoms with Gasteiger partial charge in [-0.3, -0.25) is 4.79 Å². The van der Waals surface area contributed by atoms with Crippen LogP contribution in [0.4, 0.5) is 0 Å². The molecule has 0 saturated heterocycles. The van der Waals surface area contributed by atoms with Crippen LogP contribution in [-0.2, 0) is 6.54 Å². The van der Waals surface area contributed by atoms with Gasteiger partial charge in [-0.2, -0.15) is 0 Å². The maximum Gasteiger partial charge on any atom is 0.272 e. The molecule has 0 radical (unpaired) electrons. The van der Waals surface area contributed by atoms with Crippen LogP contribution >= 0.6 is 0 Å². The maximum absolute atomic E-state index is 11.9. The number of aromatic nitrogens is 2. The van der Waals surface area contributed by atoms with Crippen molar-refractivity contribution < 1.29 is 0 Å². The van der Waals surface area contributed by atoms with Gasteiger partial charge < -0.3 is 4.57 Å². The molecule has 0 amide bonds. The Hall–Kier alpha value is -2.08. The van der Waals surface area contributed by atoms with Gasteiger partial charge in [0.2, 0.25) is 0 Å². The lowest BCUT2D eigenvalue weighted by Crippen LogP contribution is -2.24. The summed E-state index contributed by atoms with van der Waals surface area (Å²) >= 11 is 0. The molecule has 2 rings (SSSR count). The number of para-hydroxylation sites is 2. The van der Waals surface area contributed by atoms with Crippen LogP contribution in [-0.4, -0.2) is 9.55 Å². The Balaban J connectivity index is 2.72. The number of hydrogen-bond donors (Lipinski definition) is 0. The highest BCUT2D eigenvalue weighted by molar-refractivity contribution is 5.74. The van der Waals surface area contributed by atoms with Crippen molar-refractivity contribution in [2.75, 3.05) is 0 Å². The molecule has 1 aromatic carbocycles. The molecule has 0 aliphatic heterocycles. The molecule has 0 atom stereocenters. The Labute approximate surface area is 93.7 Å². The molecule has 0 saturated carbocycles. The highest BCUT2D eigenvalue weighted by atomic mass is 16.1. The van der Waals surface area contributed by atoms with Crippen LogP contribution in [0.1, 0.15) is 12.1 Å². The normalized spacial score (nSPS) is 10.2. The lowest BCUT2D eigenvalue weighted by Gasteiger charge is -2.08. The minimum atomic E-state index is -0.0612. The first-order valence-electron chi connectivity index (χ1n) is 5.13. The molecule has 16 heavy (non-hydrogen) atoms. The molecule has 0 unspecified atom stereocenters. The first kappa shape index (κ1) is 10.4. The van der Waals surface area contributed by atoms with Gasteiger partial charge in [0.25, 0.3) is 5.56 Å². The molecule has 0 bridgehead atoms. The maximum atomic E-state index is 11.9. The number of benzene rings is 1. The molecular formula is C13H12N2O. The second-order valence-electron chi connectivity index (χ2n) is 3.60. The van der Waals surface area contributed by atoms with Gasteiger partial charge in [0.05, 0.1) is 11.0 Å². The zero-order valence-corrected chi connectivity index (χ0v) is 9.10. The van der Waals surface area contributed by atoms with E-state index in [4.69, 9.17) is 6.42 Å². The summed E-state index contributed by atoms with van der Waals surface area (Å²) in [6.07, 6.45) is 5.78. The summed E-state index contributed by atoms with van der Waals surface area (Å²) in [4.78, 5) is 16.2. The van der Waals surface area contributed by atoms with Crippen LogP contribution in [0.15, 0.2) is 29.1 Å². The van der Waals surface area contributed by atoms with Gasteiger partial charge in [0, 0.05) is 13.0 Å². The van der Waals surface area contributed by atoms with Crippen molar-refractivity contribution in [2.24, 2.45) is 0 Å². The second-order valence-corrected chi connectivity index (χ2v) is 3.60. The number of fused-ring (bicyclic) bond motifs is 1. The summed E-state index contributed by atoms with van der Waals surface area (Å²) in [5, 5.41) is 0. The van der Waals surface area contributed by atoms with Gasteiger partial charge in [-0.15, -0.1) is 12.3 Å². The molecule has 2 aromatic rings. The fourth-order valence-corrected chi connectivity index (χ4v) is 1.72. The van der Waals surface area contributed by atoms with Gasteiger partial charge in [-0.1, -0.05) is 12.1 Å². The van der Waals surface area contributed by atoms with Crippen molar-refractivity contribution in [2.45, 2.75) is 19.9 Å². The zero-order chi connectivity index (χ0) is 11.5. The first-order chi connectivity index (χ1) is 7.74. The molecule has 3 heteroatoms. The SMILES string of the molecule is C#CCCn1c(=O)c(C)nc2ccccc21. The van der Waals surface area contributed by atoms with Crippen molar-refractivity contribution in [3.8, 4) is 12.3 Å². The minimum absolute atomic E-state index is 0.0612. The van der Waals surface area contributed by atoms with E-state index in [1.54, 1.807) is 11.5 Å². The Bertz CT molecular complexity index is 620. The lowest BCUT2D eigenvalue weighted by atomic mass is 10.2. The van der Waals surface area contributed by atoms with E-state index in [1.165, 1.54) is 0 Å². The number of terminal acetylenes is 1. The van der Waals surface area contributed by atoms with Crippen molar-refractivity contribution in [3.63, 3.8) is 0 Å². The van der Waals surface area contributed by atoms with E-state index < -0.39 is 0 Å². The Morgan fingerprint density at radius 3 is 2.94 bits per heavy atom. The van der Waals surface area contributed by atoms with Gasteiger partial charge in [0.15, 0.2) is 0 Å².